The molecule has 0 saturated carbocycles. The quantitative estimate of drug-likeness (QED) is 0.762. The first-order valence-corrected chi connectivity index (χ1v) is 6.88. The standard InChI is InChI=1S/C14H22N4/c1-2-3-4-5-6-7-10-18-13-8-9-16-11-12(13)17-14(18)15/h8-9,11H,2-7,10H2,1H3,(H2,15,17). The number of nitrogen functional groups attached to an aromatic ring is 1. The second-order valence-corrected chi connectivity index (χ2v) is 4.75. The van der Waals surface area contributed by atoms with Crippen molar-refractivity contribution in [2.45, 2.75) is 52.0 Å². The summed E-state index contributed by atoms with van der Waals surface area (Å²) in [6.07, 6.45) is 11.3. The third kappa shape index (κ3) is 3.00. The molecule has 0 fully saturated rings. The number of nitrogens with two attached hydrogens (primary N) is 1. The van der Waals surface area contributed by atoms with Crippen LogP contribution in [0.5, 0.6) is 0 Å². The molecule has 18 heavy (non-hydrogen) atoms. The van der Waals surface area contributed by atoms with Crippen molar-refractivity contribution in [3.63, 3.8) is 0 Å². The SMILES string of the molecule is CCCCCCCCn1c(N)nc2cnccc21. The van der Waals surface area contributed by atoms with Gasteiger partial charge in [0.1, 0.15) is 5.52 Å². The van der Waals surface area contributed by atoms with E-state index in [1.54, 1.807) is 12.4 Å². The highest BCUT2D eigenvalue weighted by Crippen LogP contribution is 2.17. The highest BCUT2D eigenvalue weighted by molar-refractivity contribution is 5.76. The van der Waals surface area contributed by atoms with Crippen LogP contribution < -0.4 is 5.73 Å². The van der Waals surface area contributed by atoms with Crippen LogP contribution >= 0.6 is 0 Å². The Hall–Kier alpha value is -1.58. The van der Waals surface area contributed by atoms with E-state index >= 15 is 0 Å². The zero-order valence-electron chi connectivity index (χ0n) is 11.1. The van der Waals surface area contributed by atoms with Gasteiger partial charge in [-0.3, -0.25) is 4.98 Å². The Morgan fingerprint density at radius 3 is 2.78 bits per heavy atom. The summed E-state index contributed by atoms with van der Waals surface area (Å²) in [4.78, 5) is 8.39. The van der Waals surface area contributed by atoms with Crippen LogP contribution in [0.4, 0.5) is 5.95 Å². The van der Waals surface area contributed by atoms with Crippen LogP contribution in [0.3, 0.4) is 0 Å². The van der Waals surface area contributed by atoms with Gasteiger partial charge in [-0.05, 0) is 12.5 Å². The fourth-order valence-corrected chi connectivity index (χ4v) is 2.29. The molecule has 0 spiro atoms. The number of nitrogens with zero attached hydrogens (tertiary/aromatic N) is 3. The molecule has 0 aliphatic rings. The summed E-state index contributed by atoms with van der Waals surface area (Å²) >= 11 is 0. The van der Waals surface area contributed by atoms with Gasteiger partial charge in [0.25, 0.3) is 0 Å². The number of hydrogen-bond acceptors (Lipinski definition) is 3. The van der Waals surface area contributed by atoms with Crippen LogP contribution in [0, 0.1) is 0 Å². The lowest BCUT2D eigenvalue weighted by Gasteiger charge is -2.06. The van der Waals surface area contributed by atoms with Crippen molar-refractivity contribution >= 4 is 17.0 Å². The molecule has 2 heterocycles. The van der Waals surface area contributed by atoms with Gasteiger partial charge < -0.3 is 10.3 Å². The van der Waals surface area contributed by atoms with Gasteiger partial charge in [-0.15, -0.1) is 0 Å². The smallest absolute Gasteiger partial charge is 0.201 e. The van der Waals surface area contributed by atoms with Crippen molar-refractivity contribution in [2.24, 2.45) is 0 Å². The Balaban J connectivity index is 1.89. The Labute approximate surface area is 108 Å². The second kappa shape index (κ2) is 6.38. The minimum absolute atomic E-state index is 0.603. The number of imidazole rings is 1. The van der Waals surface area contributed by atoms with Crippen molar-refractivity contribution < 1.29 is 0 Å². The topological polar surface area (TPSA) is 56.7 Å². The first-order chi connectivity index (χ1) is 8.83. The molecule has 98 valence electrons. The molecule has 0 atom stereocenters. The highest BCUT2D eigenvalue weighted by Gasteiger charge is 2.06. The second-order valence-electron chi connectivity index (χ2n) is 4.75. The average molecular weight is 246 g/mol. The molecular formula is C14H22N4. The number of pyridine rings is 1. The fraction of sp³-hybridized carbons (Fsp3) is 0.571. The third-order valence-electron chi connectivity index (χ3n) is 3.32. The van der Waals surface area contributed by atoms with Crippen molar-refractivity contribution in [3.05, 3.63) is 18.5 Å². The lowest BCUT2D eigenvalue weighted by Crippen LogP contribution is -2.03. The molecule has 0 bridgehead atoms. The van der Waals surface area contributed by atoms with E-state index in [-0.39, 0.29) is 0 Å². The summed E-state index contributed by atoms with van der Waals surface area (Å²) in [7, 11) is 0. The highest BCUT2D eigenvalue weighted by atomic mass is 15.2. The van der Waals surface area contributed by atoms with E-state index in [4.69, 9.17) is 5.73 Å². The van der Waals surface area contributed by atoms with Crippen molar-refractivity contribution in [3.8, 4) is 0 Å². The van der Waals surface area contributed by atoms with Crippen LogP contribution in [0.2, 0.25) is 0 Å². The van der Waals surface area contributed by atoms with Crippen molar-refractivity contribution in [2.75, 3.05) is 5.73 Å². The van der Waals surface area contributed by atoms with E-state index in [0.29, 0.717) is 5.95 Å². The molecule has 4 heteroatoms. The molecule has 2 N–H and O–H groups in total. The molecule has 0 aliphatic heterocycles. The van der Waals surface area contributed by atoms with E-state index < -0.39 is 0 Å². The monoisotopic (exact) mass is 246 g/mol. The zero-order chi connectivity index (χ0) is 12.8. The lowest BCUT2D eigenvalue weighted by atomic mass is 10.1. The van der Waals surface area contributed by atoms with Gasteiger partial charge in [-0.1, -0.05) is 39.0 Å². The molecule has 0 aromatic carbocycles. The van der Waals surface area contributed by atoms with Gasteiger partial charge in [0.2, 0.25) is 5.95 Å². The van der Waals surface area contributed by atoms with Gasteiger partial charge in [0.15, 0.2) is 0 Å². The Morgan fingerprint density at radius 2 is 1.94 bits per heavy atom. The van der Waals surface area contributed by atoms with Gasteiger partial charge >= 0.3 is 0 Å². The molecule has 2 rings (SSSR count). The van der Waals surface area contributed by atoms with Crippen molar-refractivity contribution in [1.82, 2.24) is 14.5 Å². The van der Waals surface area contributed by atoms with Gasteiger partial charge in [-0.25, -0.2) is 4.98 Å². The summed E-state index contributed by atoms with van der Waals surface area (Å²) in [6.45, 7) is 3.20. The molecular weight excluding hydrogens is 224 g/mol. The number of aryl methyl sites for hydroxylation is 1. The minimum Gasteiger partial charge on any atom is -0.369 e. The Bertz CT molecular complexity index is 489. The maximum Gasteiger partial charge on any atom is 0.201 e. The van der Waals surface area contributed by atoms with Gasteiger partial charge in [-0.2, -0.15) is 0 Å². The van der Waals surface area contributed by atoms with Crippen LogP contribution in [0.1, 0.15) is 45.4 Å². The summed E-state index contributed by atoms with van der Waals surface area (Å²) in [6, 6.07) is 1.98. The average Bonchev–Trinajstić information content (AvgIpc) is 2.70. The third-order valence-corrected chi connectivity index (χ3v) is 3.32. The van der Waals surface area contributed by atoms with E-state index in [1.807, 2.05) is 6.07 Å². The van der Waals surface area contributed by atoms with Crippen LogP contribution in [0.15, 0.2) is 18.5 Å². The molecule has 4 nitrogen and oxygen atoms in total. The number of aromatic nitrogens is 3. The molecule has 2 aromatic rings. The molecule has 0 amide bonds. The van der Waals surface area contributed by atoms with Gasteiger partial charge in [0.05, 0.1) is 11.7 Å². The van der Waals surface area contributed by atoms with Crippen LogP contribution in [-0.2, 0) is 6.54 Å². The minimum atomic E-state index is 0.603. The largest absolute Gasteiger partial charge is 0.369 e. The molecule has 0 aliphatic carbocycles. The van der Waals surface area contributed by atoms with E-state index in [2.05, 4.69) is 21.5 Å². The molecule has 0 saturated heterocycles. The predicted molar refractivity (Wildman–Crippen MR) is 75.3 cm³/mol. The summed E-state index contributed by atoms with van der Waals surface area (Å²) in [5.74, 6) is 0.603. The summed E-state index contributed by atoms with van der Waals surface area (Å²) in [5.41, 5.74) is 7.92. The summed E-state index contributed by atoms with van der Waals surface area (Å²) in [5, 5.41) is 0. The lowest BCUT2D eigenvalue weighted by molar-refractivity contribution is 0.567. The van der Waals surface area contributed by atoms with Crippen LogP contribution in [-0.4, -0.2) is 14.5 Å². The zero-order valence-corrected chi connectivity index (χ0v) is 11.1. The maximum atomic E-state index is 5.94. The Kier molecular flexibility index (Phi) is 4.56. The van der Waals surface area contributed by atoms with E-state index in [1.165, 1.54) is 38.5 Å². The van der Waals surface area contributed by atoms with E-state index in [9.17, 15) is 0 Å². The number of hydrogen-bond donors (Lipinski definition) is 1. The molecule has 2 aromatic heterocycles. The van der Waals surface area contributed by atoms with Crippen molar-refractivity contribution in [1.29, 1.82) is 0 Å². The molecule has 0 radical (unpaired) electrons. The Morgan fingerprint density at radius 1 is 1.17 bits per heavy atom. The first-order valence-electron chi connectivity index (χ1n) is 6.88. The molecule has 0 unspecified atom stereocenters. The van der Waals surface area contributed by atoms with E-state index in [0.717, 1.165) is 17.6 Å². The van der Waals surface area contributed by atoms with Crippen LogP contribution in [0.25, 0.3) is 11.0 Å². The van der Waals surface area contributed by atoms with Gasteiger partial charge in [0, 0.05) is 12.7 Å². The number of fused-ring (bicyclic) bond motifs is 1. The maximum absolute atomic E-state index is 5.94. The first kappa shape index (κ1) is 12.9. The number of rotatable bonds is 7. The summed E-state index contributed by atoms with van der Waals surface area (Å²) < 4.78 is 2.09. The number of unbranched alkanes of at least 4 members (excludes halogenated alkanes) is 5. The normalized spacial score (nSPS) is 11.2. The predicted octanol–water partition coefficient (Wildman–Crippen LogP) is 3.37. The fourth-order valence-electron chi connectivity index (χ4n) is 2.29. The number of anilines is 1.